The fraction of sp³-hybridized carbons (Fsp3) is 0.269. The van der Waals surface area contributed by atoms with Crippen molar-refractivity contribution >= 4 is 33.1 Å². The third kappa shape index (κ3) is 5.12. The van der Waals surface area contributed by atoms with E-state index in [-0.39, 0.29) is 24.6 Å². The Morgan fingerprint density at radius 3 is 2.56 bits per heavy atom. The van der Waals surface area contributed by atoms with E-state index in [0.717, 1.165) is 24.8 Å². The van der Waals surface area contributed by atoms with Gasteiger partial charge in [0, 0.05) is 5.69 Å². The lowest BCUT2D eigenvalue weighted by atomic mass is 10.1. The Bertz CT molecular complexity index is 1420. The average Bonchev–Trinajstić information content (AvgIpc) is 3.34. The van der Waals surface area contributed by atoms with E-state index < -0.39 is 5.69 Å². The molecule has 0 aliphatic rings. The Morgan fingerprint density at radius 1 is 1.03 bits per heavy atom. The zero-order valence-corrected chi connectivity index (χ0v) is 20.1. The lowest BCUT2D eigenvalue weighted by molar-refractivity contribution is -0.116. The molecule has 0 saturated carbocycles. The standard InChI is InChI=1S/C26H27N3O4S/c1-3-4-6-18-9-11-20(12-10-18)27-23(30)17-28-22-13-14-34-24(22)25(31)29(26(28)32)16-19-7-5-8-21(15-19)33-2/h5,7-15H,3-4,6,16-17H2,1-2H3,(H,27,30). The molecule has 0 atom stereocenters. The number of aromatic nitrogens is 2. The molecule has 0 unspecified atom stereocenters. The summed E-state index contributed by atoms with van der Waals surface area (Å²) in [6, 6.07) is 16.7. The van der Waals surface area contributed by atoms with Gasteiger partial charge in [0.1, 0.15) is 17.0 Å². The highest BCUT2D eigenvalue weighted by molar-refractivity contribution is 7.17. The maximum atomic E-state index is 13.3. The quantitative estimate of drug-likeness (QED) is 0.390. The van der Waals surface area contributed by atoms with Gasteiger partial charge in [-0.15, -0.1) is 11.3 Å². The van der Waals surface area contributed by atoms with E-state index in [1.165, 1.54) is 26.0 Å². The monoisotopic (exact) mass is 477 g/mol. The molecule has 176 valence electrons. The molecule has 0 aliphatic heterocycles. The molecule has 0 radical (unpaired) electrons. The van der Waals surface area contributed by atoms with Crippen LogP contribution in [-0.4, -0.2) is 22.2 Å². The molecule has 0 bridgehead atoms. The number of nitrogens with one attached hydrogen (secondary N) is 1. The van der Waals surface area contributed by atoms with Gasteiger partial charge >= 0.3 is 5.69 Å². The number of methoxy groups -OCH3 is 1. The predicted octanol–water partition coefficient (Wildman–Crippen LogP) is 4.26. The second kappa shape index (κ2) is 10.5. The summed E-state index contributed by atoms with van der Waals surface area (Å²) in [5.41, 5.74) is 2.23. The van der Waals surface area contributed by atoms with Crippen LogP contribution in [0.5, 0.6) is 5.75 Å². The lowest BCUT2D eigenvalue weighted by Gasteiger charge is -2.13. The number of fused-ring (bicyclic) bond motifs is 1. The van der Waals surface area contributed by atoms with Crippen LogP contribution in [0.3, 0.4) is 0 Å². The van der Waals surface area contributed by atoms with E-state index in [0.29, 0.717) is 21.7 Å². The van der Waals surface area contributed by atoms with Crippen molar-refractivity contribution in [2.45, 2.75) is 39.3 Å². The van der Waals surface area contributed by atoms with Crippen molar-refractivity contribution in [3.63, 3.8) is 0 Å². The third-order valence-electron chi connectivity index (χ3n) is 5.67. The number of benzene rings is 2. The molecule has 34 heavy (non-hydrogen) atoms. The van der Waals surface area contributed by atoms with Crippen LogP contribution in [0.25, 0.3) is 10.2 Å². The van der Waals surface area contributed by atoms with Crippen molar-refractivity contribution in [3.8, 4) is 5.75 Å². The normalized spacial score (nSPS) is 11.0. The van der Waals surface area contributed by atoms with Crippen LogP contribution >= 0.6 is 11.3 Å². The first kappa shape index (κ1) is 23.5. The van der Waals surface area contributed by atoms with Crippen molar-refractivity contribution in [2.75, 3.05) is 12.4 Å². The molecular formula is C26H27N3O4S. The van der Waals surface area contributed by atoms with Crippen LogP contribution in [0.2, 0.25) is 0 Å². The van der Waals surface area contributed by atoms with Gasteiger partial charge in [0.15, 0.2) is 0 Å². The van der Waals surface area contributed by atoms with Crippen molar-refractivity contribution in [1.82, 2.24) is 9.13 Å². The van der Waals surface area contributed by atoms with Crippen LogP contribution in [0.15, 0.2) is 69.6 Å². The van der Waals surface area contributed by atoms with E-state index in [2.05, 4.69) is 12.2 Å². The van der Waals surface area contributed by atoms with Crippen LogP contribution in [0, 0.1) is 0 Å². The number of hydrogen-bond donors (Lipinski definition) is 1. The second-order valence-corrected chi connectivity index (χ2v) is 9.01. The summed E-state index contributed by atoms with van der Waals surface area (Å²) in [6.45, 7) is 2.05. The van der Waals surface area contributed by atoms with Gasteiger partial charge in [0.05, 0.1) is 19.2 Å². The van der Waals surface area contributed by atoms with Gasteiger partial charge in [-0.1, -0.05) is 37.6 Å². The first-order valence-corrected chi connectivity index (χ1v) is 12.1. The number of amides is 1. The molecule has 0 aliphatic carbocycles. The van der Waals surface area contributed by atoms with Crippen molar-refractivity contribution in [3.05, 3.63) is 91.9 Å². The number of aryl methyl sites for hydroxylation is 1. The van der Waals surface area contributed by atoms with E-state index >= 15 is 0 Å². The van der Waals surface area contributed by atoms with Gasteiger partial charge in [0.25, 0.3) is 5.56 Å². The third-order valence-corrected chi connectivity index (χ3v) is 6.56. The summed E-state index contributed by atoms with van der Waals surface area (Å²) in [7, 11) is 1.56. The second-order valence-electron chi connectivity index (χ2n) is 8.10. The molecular weight excluding hydrogens is 450 g/mol. The molecule has 4 rings (SSSR count). The van der Waals surface area contributed by atoms with Crippen LogP contribution < -0.4 is 21.3 Å². The highest BCUT2D eigenvalue weighted by Crippen LogP contribution is 2.17. The van der Waals surface area contributed by atoms with Gasteiger partial charge in [-0.3, -0.25) is 18.7 Å². The zero-order chi connectivity index (χ0) is 24.1. The predicted molar refractivity (Wildman–Crippen MR) is 136 cm³/mol. The Morgan fingerprint density at radius 2 is 1.82 bits per heavy atom. The SMILES string of the molecule is CCCCc1ccc(NC(=O)Cn2c(=O)n(Cc3cccc(OC)c3)c(=O)c3sccc32)cc1. The molecule has 1 N–H and O–H groups in total. The fourth-order valence-electron chi connectivity index (χ4n) is 3.86. The topological polar surface area (TPSA) is 82.3 Å². The first-order valence-electron chi connectivity index (χ1n) is 11.2. The van der Waals surface area contributed by atoms with Crippen LogP contribution in [0.1, 0.15) is 30.9 Å². The number of rotatable bonds is 9. The van der Waals surface area contributed by atoms with E-state index in [4.69, 9.17) is 4.74 Å². The summed E-state index contributed by atoms with van der Waals surface area (Å²) < 4.78 is 8.22. The highest BCUT2D eigenvalue weighted by Gasteiger charge is 2.17. The molecule has 4 aromatic rings. The summed E-state index contributed by atoms with van der Waals surface area (Å²) in [5, 5.41) is 4.61. The minimum Gasteiger partial charge on any atom is -0.497 e. The summed E-state index contributed by atoms with van der Waals surface area (Å²) in [6.07, 6.45) is 3.26. The smallest absolute Gasteiger partial charge is 0.332 e. The molecule has 0 fully saturated rings. The summed E-state index contributed by atoms with van der Waals surface area (Å²) in [4.78, 5) is 39.2. The van der Waals surface area contributed by atoms with Gasteiger partial charge in [0.2, 0.25) is 5.91 Å². The number of carbonyl (C=O) groups excluding carboxylic acids is 1. The largest absolute Gasteiger partial charge is 0.497 e. The van der Waals surface area contributed by atoms with Gasteiger partial charge in [-0.05, 0) is 59.7 Å². The minimum atomic E-state index is -0.524. The highest BCUT2D eigenvalue weighted by atomic mass is 32.1. The number of unbranched alkanes of at least 4 members (excludes halogenated alkanes) is 1. The van der Waals surface area contributed by atoms with Gasteiger partial charge in [-0.25, -0.2) is 4.79 Å². The fourth-order valence-corrected chi connectivity index (χ4v) is 4.70. The number of ether oxygens (including phenoxy) is 1. The number of thiophene rings is 1. The number of carbonyl (C=O) groups is 1. The zero-order valence-electron chi connectivity index (χ0n) is 19.2. The average molecular weight is 478 g/mol. The molecule has 8 heteroatoms. The van der Waals surface area contributed by atoms with Crippen LogP contribution in [-0.2, 0) is 24.3 Å². The van der Waals surface area contributed by atoms with Crippen molar-refractivity contribution < 1.29 is 9.53 Å². The molecule has 2 heterocycles. The molecule has 0 spiro atoms. The van der Waals surface area contributed by atoms with Crippen molar-refractivity contribution in [1.29, 1.82) is 0 Å². The maximum Gasteiger partial charge on any atom is 0.332 e. The Hall–Kier alpha value is -3.65. The van der Waals surface area contributed by atoms with Crippen molar-refractivity contribution in [2.24, 2.45) is 0 Å². The van der Waals surface area contributed by atoms with Gasteiger partial charge in [-0.2, -0.15) is 0 Å². The van der Waals surface area contributed by atoms with E-state index in [1.54, 1.807) is 30.7 Å². The summed E-state index contributed by atoms with van der Waals surface area (Å²) >= 11 is 1.26. The Balaban J connectivity index is 1.60. The molecule has 2 aromatic heterocycles. The Kier molecular flexibility index (Phi) is 7.27. The number of hydrogen-bond acceptors (Lipinski definition) is 5. The van der Waals surface area contributed by atoms with Crippen LogP contribution in [0.4, 0.5) is 5.69 Å². The minimum absolute atomic E-state index is 0.0869. The maximum absolute atomic E-state index is 13.3. The molecule has 2 aromatic carbocycles. The Labute approximate surface area is 201 Å². The summed E-state index contributed by atoms with van der Waals surface area (Å²) in [5.74, 6) is 0.311. The molecule has 7 nitrogen and oxygen atoms in total. The molecule has 0 saturated heterocycles. The van der Waals surface area contributed by atoms with E-state index in [1.807, 2.05) is 36.4 Å². The lowest BCUT2D eigenvalue weighted by Crippen LogP contribution is -2.41. The molecule has 1 amide bonds. The number of nitrogens with zero attached hydrogens (tertiary/aromatic N) is 2. The number of anilines is 1. The first-order chi connectivity index (χ1) is 16.5. The van der Waals surface area contributed by atoms with Gasteiger partial charge < -0.3 is 10.1 Å². The van der Waals surface area contributed by atoms with E-state index in [9.17, 15) is 14.4 Å².